The number of rotatable bonds is 7. The van der Waals surface area contributed by atoms with Crippen LogP contribution in [0.1, 0.15) is 52.7 Å². The van der Waals surface area contributed by atoms with Crippen molar-refractivity contribution in [2.24, 2.45) is 0 Å². The Bertz CT molecular complexity index is 3710. The second-order valence-corrected chi connectivity index (χ2v) is 21.2. The number of fused-ring (bicyclic) bond motifs is 9. The van der Waals surface area contributed by atoms with Gasteiger partial charge in [-0.2, -0.15) is 12.1 Å². The second-order valence-electron chi connectivity index (χ2n) is 20.2. The molecular formula is C62H50BN5OPt-2. The Balaban J connectivity index is 0.973. The van der Waals surface area contributed by atoms with Gasteiger partial charge in [0.1, 0.15) is 0 Å². The molecule has 0 saturated heterocycles. The van der Waals surface area contributed by atoms with Crippen LogP contribution in [0.3, 0.4) is 0 Å². The standard InChI is InChI=1S/C62H50BN5O.Pt/c1-61(2,3)44-36-34-43(35-37-44)51-39-45(62(4,5)6)38-50(42-20-8-7-9-21-42)60(51)66-41-65(54-28-14-15-29-55(54)66)46-22-18-23-47(40-46)69-59-33-19-32-58(64-59)68-57-31-17-16-30-56(57)67-53-27-13-11-25-49(53)48-24-10-12-26-52(48)63(67)68;/h7-30,32-39H,1-6H3;/q-2;. The van der Waals surface area contributed by atoms with E-state index in [0.717, 1.165) is 54.7 Å². The molecule has 2 aromatic heterocycles. The van der Waals surface area contributed by atoms with Crippen molar-refractivity contribution < 1.29 is 24.1 Å². The Kier molecular flexibility index (Phi) is 10.6. The predicted molar refractivity (Wildman–Crippen MR) is 284 cm³/mol. The zero-order chi connectivity index (χ0) is 47.9. The fourth-order valence-corrected chi connectivity index (χ4v) is 11.3. The fraction of sp³-hybridized carbons (Fsp3) is 0.129. The zero-order valence-electron chi connectivity index (χ0n) is 40.0. The molecule has 0 N–H and O–H groups in total. The molecular weight excluding hydrogens is 1040 g/mol. The van der Waals surface area contributed by atoms with Crippen LogP contribution in [0.15, 0.2) is 194 Å². The summed E-state index contributed by atoms with van der Waals surface area (Å²) in [5.41, 5.74) is 18.2. The summed E-state index contributed by atoms with van der Waals surface area (Å²) in [5, 5.41) is 0. The minimum absolute atomic E-state index is 0.0330. The molecule has 2 aliphatic heterocycles. The first-order chi connectivity index (χ1) is 33.9. The van der Waals surface area contributed by atoms with E-state index < -0.39 is 0 Å². The monoisotopic (exact) mass is 1090 g/mol. The first-order valence-corrected chi connectivity index (χ1v) is 25.0. The maximum absolute atomic E-state index is 6.73. The first-order valence-electron chi connectivity index (χ1n) is 23.9. The van der Waals surface area contributed by atoms with E-state index in [1.54, 1.807) is 0 Å². The van der Waals surface area contributed by atoms with Gasteiger partial charge in [-0.1, -0.05) is 42.5 Å². The summed E-state index contributed by atoms with van der Waals surface area (Å²) in [5.74, 6) is 1.80. The van der Waals surface area contributed by atoms with Crippen molar-refractivity contribution >= 4 is 46.4 Å². The van der Waals surface area contributed by atoms with Crippen molar-refractivity contribution in [1.29, 1.82) is 0 Å². The molecule has 0 bridgehead atoms. The number of aromatic nitrogens is 3. The molecule has 0 atom stereocenters. The van der Waals surface area contributed by atoms with E-state index in [1.807, 2.05) is 30.3 Å². The molecule has 0 fully saturated rings. The van der Waals surface area contributed by atoms with Gasteiger partial charge in [0.25, 0.3) is 0 Å². The number of hydrogen-bond acceptors (Lipinski definition) is 4. The number of benzene rings is 8. The number of imidazole rings is 1. The van der Waals surface area contributed by atoms with Crippen molar-refractivity contribution in [3.63, 3.8) is 0 Å². The number of hydrogen-bond donors (Lipinski definition) is 0. The molecule has 8 heteroatoms. The third-order valence-corrected chi connectivity index (χ3v) is 14.7. The molecule has 0 saturated carbocycles. The Morgan fingerprint density at radius 2 is 1.16 bits per heavy atom. The molecule has 8 aromatic carbocycles. The topological polar surface area (TPSA) is 38.5 Å². The van der Waals surface area contributed by atoms with Crippen molar-refractivity contribution in [1.82, 2.24) is 14.1 Å². The van der Waals surface area contributed by atoms with Gasteiger partial charge in [-0.15, -0.1) is 6.07 Å². The van der Waals surface area contributed by atoms with E-state index >= 15 is 0 Å². The van der Waals surface area contributed by atoms with Crippen LogP contribution >= 0.6 is 0 Å². The molecule has 6 nitrogen and oxygen atoms in total. The van der Waals surface area contributed by atoms with Crippen LogP contribution in [0.2, 0.25) is 0 Å². The quantitative estimate of drug-likeness (QED) is 0.118. The number of nitrogens with zero attached hydrogens (tertiary/aromatic N) is 5. The summed E-state index contributed by atoms with van der Waals surface area (Å²) in [6, 6.07) is 76.4. The molecule has 0 amide bonds. The van der Waals surface area contributed by atoms with Crippen LogP contribution in [-0.4, -0.2) is 21.1 Å². The van der Waals surface area contributed by atoms with E-state index in [9.17, 15) is 0 Å². The van der Waals surface area contributed by atoms with E-state index in [0.29, 0.717) is 11.6 Å². The summed E-state index contributed by atoms with van der Waals surface area (Å²) in [4.78, 5) is 9.93. The molecule has 0 radical (unpaired) electrons. The summed E-state index contributed by atoms with van der Waals surface area (Å²) in [6.07, 6.45) is 0. The number of para-hydroxylation sites is 4. The Labute approximate surface area is 421 Å². The minimum atomic E-state index is -0.163. The third kappa shape index (κ3) is 7.38. The third-order valence-electron chi connectivity index (χ3n) is 13.7. The van der Waals surface area contributed by atoms with E-state index in [1.165, 1.54) is 44.4 Å². The van der Waals surface area contributed by atoms with Gasteiger partial charge in [-0.25, -0.2) is 0 Å². The van der Waals surface area contributed by atoms with Crippen LogP contribution in [-0.2, 0) is 30.2 Å². The van der Waals surface area contributed by atoms with Crippen LogP contribution < -0.4 is 19.8 Å². The molecule has 0 unspecified atom stereocenters. The van der Waals surface area contributed by atoms with Gasteiger partial charge in [0.05, 0.1) is 0 Å². The van der Waals surface area contributed by atoms with Gasteiger partial charge in [-0.05, 0) is 11.6 Å². The first kappa shape index (κ1) is 43.8. The van der Waals surface area contributed by atoms with Gasteiger partial charge in [0.2, 0.25) is 0 Å². The van der Waals surface area contributed by atoms with Crippen LogP contribution in [0, 0.1) is 15.9 Å². The molecule has 4 heterocycles. The van der Waals surface area contributed by atoms with Gasteiger partial charge < -0.3 is 0 Å². The summed E-state index contributed by atoms with van der Waals surface area (Å²) in [7, 11) is 0. The van der Waals surface area contributed by atoms with E-state index in [2.05, 4.69) is 256 Å². The fourth-order valence-electron chi connectivity index (χ4n) is 10.2. The Hall–Kier alpha value is -7.47. The SMILES string of the molecule is CC(C)(C)c1ccc(-c2cc(C(C)(C)C)cc(-c3ccccc3)c2-n2[c](=[Pt])n(-c3[c-]c(Oc4cccc(N5B6c7ccccc7-c7ccccc7N6c6ccc[c-]c65)n4)ccc3)c3ccccc32)cc1. The van der Waals surface area contributed by atoms with Gasteiger partial charge in [0, 0.05) is 11.3 Å². The average Bonchev–Trinajstić information content (AvgIpc) is 3.88. The van der Waals surface area contributed by atoms with Crippen LogP contribution in [0.25, 0.3) is 55.8 Å². The average molecular weight is 1090 g/mol. The summed E-state index contributed by atoms with van der Waals surface area (Å²) < 4.78 is 12.5. The maximum atomic E-state index is 6.73. The predicted octanol–water partition coefficient (Wildman–Crippen LogP) is 14.9. The molecule has 0 spiro atoms. The van der Waals surface area contributed by atoms with Gasteiger partial charge >= 0.3 is 341 Å². The molecule has 2 aliphatic rings. The zero-order valence-corrected chi connectivity index (χ0v) is 42.3. The van der Waals surface area contributed by atoms with Crippen LogP contribution in [0.4, 0.5) is 22.9 Å². The number of anilines is 4. The summed E-state index contributed by atoms with van der Waals surface area (Å²) >= 11 is 2.51. The summed E-state index contributed by atoms with van der Waals surface area (Å²) in [6.45, 7) is 13.6. The molecule has 70 heavy (non-hydrogen) atoms. The molecule has 12 rings (SSSR count). The normalized spacial score (nSPS) is 13.0. The molecule has 10 aromatic rings. The van der Waals surface area contributed by atoms with Crippen molar-refractivity contribution in [2.45, 2.75) is 52.4 Å². The molecule has 0 aliphatic carbocycles. The molecule has 344 valence electrons. The van der Waals surface area contributed by atoms with Crippen molar-refractivity contribution in [2.75, 3.05) is 9.62 Å². The van der Waals surface area contributed by atoms with Gasteiger partial charge in [-0.3, -0.25) is 0 Å². The number of ether oxygens (including phenoxy) is 1. The van der Waals surface area contributed by atoms with Crippen molar-refractivity contribution in [3.05, 3.63) is 221 Å². The van der Waals surface area contributed by atoms with Crippen molar-refractivity contribution in [3.8, 4) is 56.4 Å². The number of pyridine rings is 1. The van der Waals surface area contributed by atoms with Gasteiger partial charge in [0.15, 0.2) is 0 Å². The Morgan fingerprint density at radius 1 is 0.529 bits per heavy atom. The second kappa shape index (κ2) is 16.9. The van der Waals surface area contributed by atoms with Crippen LogP contribution in [0.5, 0.6) is 11.6 Å². The van der Waals surface area contributed by atoms with E-state index in [-0.39, 0.29) is 17.8 Å². The Morgan fingerprint density at radius 3 is 1.90 bits per heavy atom. The van der Waals surface area contributed by atoms with E-state index in [4.69, 9.17) is 9.72 Å².